The monoisotopic (exact) mass is 441 g/mol. The maximum absolute atomic E-state index is 13.4. The Kier molecular flexibility index (Phi) is 6.90. The van der Waals surface area contributed by atoms with Crippen LogP contribution < -0.4 is 24.3 Å². The normalized spacial score (nSPS) is 16.0. The Balaban J connectivity index is 1.53. The van der Waals surface area contributed by atoms with Crippen molar-refractivity contribution in [3.8, 4) is 23.0 Å². The molecule has 2 aromatic carbocycles. The zero-order valence-electron chi connectivity index (χ0n) is 18.9. The molecule has 172 valence electrons. The zero-order chi connectivity index (χ0) is 22.5. The molecule has 1 N–H and O–H groups in total. The zero-order valence-corrected chi connectivity index (χ0v) is 18.9. The van der Waals surface area contributed by atoms with Gasteiger partial charge in [0, 0.05) is 37.4 Å². The van der Waals surface area contributed by atoms with Crippen LogP contribution in [0.4, 0.5) is 10.5 Å². The number of urea groups is 1. The number of nitrogens with zero attached hydrogens (tertiary/aromatic N) is 2. The van der Waals surface area contributed by atoms with Crippen molar-refractivity contribution in [1.29, 1.82) is 0 Å². The molecule has 2 heterocycles. The Hall–Kier alpha value is -3.13. The molecule has 8 heteroatoms. The first-order valence-electron chi connectivity index (χ1n) is 11.0. The number of hydrogen-bond donors (Lipinski definition) is 1. The van der Waals surface area contributed by atoms with E-state index in [9.17, 15) is 4.79 Å². The molecule has 0 aromatic heterocycles. The lowest BCUT2D eigenvalue weighted by Gasteiger charge is -2.38. The minimum atomic E-state index is -0.134. The Morgan fingerprint density at radius 2 is 1.81 bits per heavy atom. The van der Waals surface area contributed by atoms with Crippen LogP contribution in [0.5, 0.6) is 23.0 Å². The van der Waals surface area contributed by atoms with Crippen LogP contribution in [0.3, 0.4) is 0 Å². The van der Waals surface area contributed by atoms with E-state index < -0.39 is 0 Å². The van der Waals surface area contributed by atoms with E-state index in [0.29, 0.717) is 23.7 Å². The topological polar surface area (TPSA) is 72.5 Å². The lowest BCUT2D eigenvalue weighted by Crippen LogP contribution is -2.48. The molecule has 0 bridgehead atoms. The number of piperidine rings is 1. The molecule has 2 amide bonds. The van der Waals surface area contributed by atoms with E-state index in [1.54, 1.807) is 26.4 Å². The predicted molar refractivity (Wildman–Crippen MR) is 122 cm³/mol. The number of nitrogens with one attached hydrogen (secondary N) is 1. The summed E-state index contributed by atoms with van der Waals surface area (Å²) in [5.41, 5.74) is 1.67. The summed E-state index contributed by atoms with van der Waals surface area (Å²) < 4.78 is 21.6. The second-order valence-electron chi connectivity index (χ2n) is 7.98. The van der Waals surface area contributed by atoms with Crippen molar-refractivity contribution < 1.29 is 23.7 Å². The molecule has 0 aliphatic carbocycles. The number of likely N-dealkylation sites (tertiary alicyclic amines) is 1. The fraction of sp³-hybridized carbons (Fsp3) is 0.458. The maximum atomic E-state index is 13.4. The highest BCUT2D eigenvalue weighted by Gasteiger charge is 2.28. The summed E-state index contributed by atoms with van der Waals surface area (Å²) in [7, 11) is 3.17. The fourth-order valence-corrected chi connectivity index (χ4v) is 4.26. The van der Waals surface area contributed by atoms with Crippen molar-refractivity contribution in [2.24, 2.45) is 0 Å². The molecular weight excluding hydrogens is 410 g/mol. The van der Waals surface area contributed by atoms with Gasteiger partial charge >= 0.3 is 6.03 Å². The number of hydrogen-bond acceptors (Lipinski definition) is 6. The first-order valence-corrected chi connectivity index (χ1v) is 11.0. The van der Waals surface area contributed by atoms with E-state index in [-0.39, 0.29) is 18.9 Å². The fourth-order valence-electron chi connectivity index (χ4n) is 4.26. The van der Waals surface area contributed by atoms with Crippen molar-refractivity contribution in [2.45, 2.75) is 32.4 Å². The Labute approximate surface area is 189 Å². The van der Waals surface area contributed by atoms with E-state index in [2.05, 4.69) is 17.1 Å². The minimum absolute atomic E-state index is 0.134. The number of fused-ring (bicyclic) bond motifs is 1. The van der Waals surface area contributed by atoms with Gasteiger partial charge in [0.2, 0.25) is 6.79 Å². The van der Waals surface area contributed by atoms with E-state index in [0.717, 1.165) is 49.5 Å². The van der Waals surface area contributed by atoms with Crippen LogP contribution in [0.2, 0.25) is 0 Å². The molecule has 32 heavy (non-hydrogen) atoms. The van der Waals surface area contributed by atoms with Gasteiger partial charge in [0.1, 0.15) is 0 Å². The van der Waals surface area contributed by atoms with Crippen LogP contribution in [-0.4, -0.2) is 62.5 Å². The van der Waals surface area contributed by atoms with Gasteiger partial charge in [-0.15, -0.1) is 0 Å². The maximum Gasteiger partial charge on any atom is 0.322 e. The van der Waals surface area contributed by atoms with Gasteiger partial charge < -0.3 is 34.1 Å². The third-order valence-electron chi connectivity index (χ3n) is 6.13. The Bertz CT molecular complexity index is 943. The quantitative estimate of drug-likeness (QED) is 0.702. The third-order valence-corrected chi connectivity index (χ3v) is 6.13. The molecule has 0 atom stereocenters. The first-order chi connectivity index (χ1) is 15.6. The van der Waals surface area contributed by atoms with Crippen molar-refractivity contribution in [3.05, 3.63) is 42.0 Å². The number of rotatable bonds is 7. The SMILES string of the molecule is CCN1CCC(N(Cc2ccc3c(c2)OCO3)C(=O)Nc2ccc(OC)c(OC)c2)CC1. The Morgan fingerprint density at radius 1 is 1.06 bits per heavy atom. The minimum Gasteiger partial charge on any atom is -0.493 e. The summed E-state index contributed by atoms with van der Waals surface area (Å²) >= 11 is 0. The van der Waals surface area contributed by atoms with Crippen LogP contribution in [0.15, 0.2) is 36.4 Å². The summed E-state index contributed by atoms with van der Waals surface area (Å²) in [4.78, 5) is 17.8. The van der Waals surface area contributed by atoms with Gasteiger partial charge in [-0.3, -0.25) is 0 Å². The molecule has 2 aromatic rings. The molecule has 2 aliphatic rings. The van der Waals surface area contributed by atoms with Gasteiger partial charge in [-0.1, -0.05) is 13.0 Å². The smallest absolute Gasteiger partial charge is 0.322 e. The molecule has 8 nitrogen and oxygen atoms in total. The van der Waals surface area contributed by atoms with Crippen molar-refractivity contribution in [1.82, 2.24) is 9.80 Å². The number of ether oxygens (including phenoxy) is 4. The number of carbonyl (C=O) groups excluding carboxylic acids is 1. The van der Waals surface area contributed by atoms with Crippen LogP contribution in [0.25, 0.3) is 0 Å². The number of methoxy groups -OCH3 is 2. The molecule has 1 saturated heterocycles. The molecule has 1 fully saturated rings. The van der Waals surface area contributed by atoms with Gasteiger partial charge in [-0.2, -0.15) is 0 Å². The summed E-state index contributed by atoms with van der Waals surface area (Å²) in [6.07, 6.45) is 1.88. The van der Waals surface area contributed by atoms with Crippen molar-refractivity contribution in [3.63, 3.8) is 0 Å². The Morgan fingerprint density at radius 3 is 2.53 bits per heavy atom. The average Bonchev–Trinajstić information content (AvgIpc) is 3.30. The van der Waals surface area contributed by atoms with Gasteiger partial charge in [0.15, 0.2) is 23.0 Å². The van der Waals surface area contributed by atoms with Gasteiger partial charge in [0.05, 0.1) is 14.2 Å². The molecule has 0 unspecified atom stereocenters. The lowest BCUT2D eigenvalue weighted by molar-refractivity contribution is 0.126. The second-order valence-corrected chi connectivity index (χ2v) is 7.98. The molecule has 4 rings (SSSR count). The van der Waals surface area contributed by atoms with E-state index in [1.807, 2.05) is 29.2 Å². The molecule has 0 spiro atoms. The van der Waals surface area contributed by atoms with E-state index in [4.69, 9.17) is 18.9 Å². The summed E-state index contributed by atoms with van der Waals surface area (Å²) in [5.74, 6) is 2.66. The summed E-state index contributed by atoms with van der Waals surface area (Å²) in [6.45, 7) is 5.91. The average molecular weight is 442 g/mol. The van der Waals surface area contributed by atoms with Crippen molar-refractivity contribution in [2.75, 3.05) is 46.0 Å². The first kappa shape index (κ1) is 22.1. The molecular formula is C24H31N3O5. The van der Waals surface area contributed by atoms with Crippen LogP contribution in [0, 0.1) is 0 Å². The van der Waals surface area contributed by atoms with E-state index >= 15 is 0 Å². The van der Waals surface area contributed by atoms with Crippen LogP contribution in [-0.2, 0) is 6.54 Å². The van der Waals surface area contributed by atoms with E-state index in [1.165, 1.54) is 0 Å². The third kappa shape index (κ3) is 4.85. The number of carbonyl (C=O) groups is 1. The summed E-state index contributed by atoms with van der Waals surface area (Å²) in [5, 5.41) is 3.05. The van der Waals surface area contributed by atoms with Crippen molar-refractivity contribution >= 4 is 11.7 Å². The number of anilines is 1. The van der Waals surface area contributed by atoms with Crippen LogP contribution >= 0.6 is 0 Å². The molecule has 0 radical (unpaired) electrons. The van der Waals surface area contributed by atoms with Crippen LogP contribution in [0.1, 0.15) is 25.3 Å². The largest absolute Gasteiger partial charge is 0.493 e. The number of benzene rings is 2. The lowest BCUT2D eigenvalue weighted by atomic mass is 10.0. The van der Waals surface area contributed by atoms with Gasteiger partial charge in [-0.05, 0) is 49.2 Å². The highest BCUT2D eigenvalue weighted by Crippen LogP contribution is 2.34. The highest BCUT2D eigenvalue weighted by atomic mass is 16.7. The van der Waals surface area contributed by atoms with Gasteiger partial charge in [0.25, 0.3) is 0 Å². The number of amides is 2. The predicted octanol–water partition coefficient (Wildman–Crippen LogP) is 3.95. The second kappa shape index (κ2) is 9.99. The standard InChI is InChI=1S/C24H31N3O5/c1-4-26-11-9-19(10-12-26)27(15-17-5-7-21-23(13-17)32-16-31-21)24(28)25-18-6-8-20(29-2)22(14-18)30-3/h5-8,13-14,19H,4,9-12,15-16H2,1-3H3,(H,25,28). The molecule has 0 saturated carbocycles. The summed E-state index contributed by atoms with van der Waals surface area (Å²) in [6, 6.07) is 11.3. The highest BCUT2D eigenvalue weighted by molar-refractivity contribution is 5.90. The van der Waals surface area contributed by atoms with Gasteiger partial charge in [-0.25, -0.2) is 4.79 Å². The molecule has 2 aliphatic heterocycles.